The summed E-state index contributed by atoms with van der Waals surface area (Å²) in [6.45, 7) is 0. The molecule has 0 N–H and O–H groups in total. The molecular formula is C22H15NO3. The third-order valence-corrected chi connectivity index (χ3v) is 4.39. The van der Waals surface area contributed by atoms with Crippen molar-refractivity contribution in [3.05, 3.63) is 76.9 Å². The highest BCUT2D eigenvalue weighted by Crippen LogP contribution is 2.30. The van der Waals surface area contributed by atoms with Gasteiger partial charge >= 0.3 is 11.9 Å². The van der Waals surface area contributed by atoms with Crippen molar-refractivity contribution in [3.8, 4) is 11.8 Å². The second kappa shape index (κ2) is 6.05. The van der Waals surface area contributed by atoms with Gasteiger partial charge in [0.05, 0.1) is 11.1 Å². The fraction of sp³-hybridized carbons (Fsp3) is 0.0909. The van der Waals surface area contributed by atoms with Gasteiger partial charge in [0, 0.05) is 36.3 Å². The lowest BCUT2D eigenvalue weighted by atomic mass is 9.94. The van der Waals surface area contributed by atoms with Crippen LogP contribution in [0, 0.1) is 11.8 Å². The fourth-order valence-electron chi connectivity index (χ4n) is 3.03. The molecule has 0 amide bonds. The van der Waals surface area contributed by atoms with Crippen LogP contribution in [-0.2, 0) is 4.74 Å². The molecule has 0 fully saturated rings. The zero-order valence-corrected chi connectivity index (χ0v) is 14.4. The Morgan fingerprint density at radius 2 is 1.50 bits per heavy atom. The number of benzene rings is 3. The SMILES string of the molecule is CN(C)c1ccc(C#Cc2ccc3c4c(cccc24)C(=O)OC3=O)cc1. The molecule has 26 heavy (non-hydrogen) atoms. The topological polar surface area (TPSA) is 46.6 Å². The number of hydrogen-bond donors (Lipinski definition) is 0. The average Bonchev–Trinajstić information content (AvgIpc) is 2.64. The molecule has 3 aromatic rings. The standard InChI is InChI=1S/C22H15NO3/c1-23(2)16-11-7-14(8-12-16)6-9-15-10-13-19-20-17(15)4-3-5-18(20)21(24)26-22(19)25/h3-5,7-8,10-13H,1-2H3. The molecule has 0 radical (unpaired) electrons. The molecule has 1 aliphatic heterocycles. The van der Waals surface area contributed by atoms with Crippen molar-refractivity contribution in [2.24, 2.45) is 0 Å². The second-order valence-corrected chi connectivity index (χ2v) is 6.26. The summed E-state index contributed by atoms with van der Waals surface area (Å²) >= 11 is 0. The number of hydrogen-bond acceptors (Lipinski definition) is 4. The number of carbonyl (C=O) groups is 2. The molecule has 4 nitrogen and oxygen atoms in total. The van der Waals surface area contributed by atoms with Crippen LogP contribution in [-0.4, -0.2) is 26.0 Å². The first kappa shape index (κ1) is 15.9. The molecule has 4 heteroatoms. The first-order valence-electron chi connectivity index (χ1n) is 8.16. The molecular weight excluding hydrogens is 326 g/mol. The summed E-state index contributed by atoms with van der Waals surface area (Å²) in [4.78, 5) is 26.0. The summed E-state index contributed by atoms with van der Waals surface area (Å²) in [5.41, 5.74) is 3.57. The van der Waals surface area contributed by atoms with Gasteiger partial charge in [0.2, 0.25) is 0 Å². The van der Waals surface area contributed by atoms with Crippen LogP contribution in [0.2, 0.25) is 0 Å². The zero-order chi connectivity index (χ0) is 18.3. The van der Waals surface area contributed by atoms with E-state index in [9.17, 15) is 9.59 Å². The van der Waals surface area contributed by atoms with E-state index >= 15 is 0 Å². The monoisotopic (exact) mass is 341 g/mol. The van der Waals surface area contributed by atoms with Crippen LogP contribution in [0.25, 0.3) is 10.8 Å². The Morgan fingerprint density at radius 1 is 0.808 bits per heavy atom. The Bertz CT molecular complexity index is 1100. The third kappa shape index (κ3) is 2.60. The van der Waals surface area contributed by atoms with E-state index in [2.05, 4.69) is 11.8 Å². The van der Waals surface area contributed by atoms with E-state index in [-0.39, 0.29) is 0 Å². The minimum atomic E-state index is -0.613. The van der Waals surface area contributed by atoms with Crippen molar-refractivity contribution in [1.82, 2.24) is 0 Å². The molecule has 3 aromatic carbocycles. The average molecular weight is 341 g/mol. The van der Waals surface area contributed by atoms with E-state index < -0.39 is 11.9 Å². The summed E-state index contributed by atoms with van der Waals surface area (Å²) in [5.74, 6) is 5.08. The molecule has 1 aliphatic rings. The second-order valence-electron chi connectivity index (χ2n) is 6.26. The van der Waals surface area contributed by atoms with Crippen molar-refractivity contribution in [2.75, 3.05) is 19.0 Å². The number of anilines is 1. The lowest BCUT2D eigenvalue weighted by molar-refractivity contribution is 0.0391. The summed E-state index contributed by atoms with van der Waals surface area (Å²) in [6, 6.07) is 16.7. The first-order valence-corrected chi connectivity index (χ1v) is 8.16. The highest BCUT2D eigenvalue weighted by atomic mass is 16.6. The molecule has 1 heterocycles. The Kier molecular flexibility index (Phi) is 3.70. The largest absolute Gasteiger partial charge is 0.386 e. The van der Waals surface area contributed by atoms with Crippen LogP contribution >= 0.6 is 0 Å². The number of ether oxygens (including phenoxy) is 1. The first-order chi connectivity index (χ1) is 12.5. The van der Waals surface area contributed by atoms with Crippen molar-refractivity contribution < 1.29 is 14.3 Å². The van der Waals surface area contributed by atoms with E-state index in [0.717, 1.165) is 22.2 Å². The summed E-state index contributed by atoms with van der Waals surface area (Å²) < 4.78 is 4.78. The molecule has 0 saturated carbocycles. The number of cyclic esters (lactones) is 2. The summed E-state index contributed by atoms with van der Waals surface area (Å²) in [5, 5.41) is 1.39. The third-order valence-electron chi connectivity index (χ3n) is 4.39. The smallest absolute Gasteiger partial charge is 0.346 e. The van der Waals surface area contributed by atoms with Crippen LogP contribution in [0.1, 0.15) is 31.8 Å². The van der Waals surface area contributed by atoms with Gasteiger partial charge in [-0.1, -0.05) is 24.0 Å². The van der Waals surface area contributed by atoms with E-state index in [1.54, 1.807) is 24.3 Å². The van der Waals surface area contributed by atoms with Crippen LogP contribution in [0.15, 0.2) is 54.6 Å². The Hall–Kier alpha value is -3.58. The molecule has 0 spiro atoms. The van der Waals surface area contributed by atoms with Crippen molar-refractivity contribution >= 4 is 28.4 Å². The number of esters is 2. The van der Waals surface area contributed by atoms with Crippen LogP contribution < -0.4 is 4.90 Å². The van der Waals surface area contributed by atoms with E-state index in [0.29, 0.717) is 16.5 Å². The Balaban J connectivity index is 1.82. The van der Waals surface area contributed by atoms with Crippen molar-refractivity contribution in [3.63, 3.8) is 0 Å². The molecule has 126 valence electrons. The number of rotatable bonds is 1. The van der Waals surface area contributed by atoms with E-state index in [1.807, 2.05) is 49.3 Å². The molecule has 4 rings (SSSR count). The van der Waals surface area contributed by atoms with Crippen molar-refractivity contribution in [2.45, 2.75) is 0 Å². The van der Waals surface area contributed by atoms with Gasteiger partial charge in [0.15, 0.2) is 0 Å². The van der Waals surface area contributed by atoms with E-state index in [1.165, 1.54) is 0 Å². The fourth-order valence-corrected chi connectivity index (χ4v) is 3.03. The minimum Gasteiger partial charge on any atom is -0.386 e. The van der Waals surface area contributed by atoms with Gasteiger partial charge in [-0.15, -0.1) is 0 Å². The Morgan fingerprint density at radius 3 is 2.19 bits per heavy atom. The lowest BCUT2D eigenvalue weighted by Gasteiger charge is -2.15. The molecule has 0 atom stereocenters. The van der Waals surface area contributed by atoms with E-state index in [4.69, 9.17) is 4.74 Å². The van der Waals surface area contributed by atoms with Gasteiger partial charge in [-0.2, -0.15) is 0 Å². The van der Waals surface area contributed by atoms with Gasteiger partial charge in [0.25, 0.3) is 0 Å². The van der Waals surface area contributed by atoms with Gasteiger partial charge in [0.1, 0.15) is 0 Å². The predicted molar refractivity (Wildman–Crippen MR) is 100 cm³/mol. The normalized spacial score (nSPS) is 12.4. The molecule has 0 aromatic heterocycles. The van der Waals surface area contributed by atoms with Crippen LogP contribution in [0.3, 0.4) is 0 Å². The van der Waals surface area contributed by atoms with Gasteiger partial charge in [-0.05, 0) is 47.9 Å². The van der Waals surface area contributed by atoms with Gasteiger partial charge in [-0.3, -0.25) is 0 Å². The minimum absolute atomic E-state index is 0.399. The lowest BCUT2D eigenvalue weighted by Crippen LogP contribution is -2.19. The zero-order valence-electron chi connectivity index (χ0n) is 14.4. The van der Waals surface area contributed by atoms with Crippen molar-refractivity contribution in [1.29, 1.82) is 0 Å². The highest BCUT2D eigenvalue weighted by Gasteiger charge is 2.27. The predicted octanol–water partition coefficient (Wildman–Crippen LogP) is 3.62. The van der Waals surface area contributed by atoms with Gasteiger partial charge < -0.3 is 9.64 Å². The Labute approximate surface area is 151 Å². The van der Waals surface area contributed by atoms with Gasteiger partial charge in [-0.25, -0.2) is 9.59 Å². The summed E-state index contributed by atoms with van der Waals surface area (Å²) in [6.07, 6.45) is 0. The van der Waals surface area contributed by atoms with Crippen LogP contribution in [0.4, 0.5) is 5.69 Å². The molecule has 0 unspecified atom stereocenters. The highest BCUT2D eigenvalue weighted by molar-refractivity contribution is 6.21. The maximum Gasteiger partial charge on any atom is 0.346 e. The maximum absolute atomic E-state index is 12.0. The maximum atomic E-state index is 12.0. The van der Waals surface area contributed by atoms with Crippen LogP contribution in [0.5, 0.6) is 0 Å². The molecule has 0 saturated heterocycles. The number of nitrogens with zero attached hydrogens (tertiary/aromatic N) is 1. The quantitative estimate of drug-likeness (QED) is 0.385. The summed E-state index contributed by atoms with van der Waals surface area (Å²) in [7, 11) is 3.98. The number of carbonyl (C=O) groups excluding carboxylic acids is 2. The molecule has 0 bridgehead atoms. The molecule has 0 aliphatic carbocycles.